The molecule has 1 atom stereocenters. The summed E-state index contributed by atoms with van der Waals surface area (Å²) in [5, 5.41) is 0. The van der Waals surface area contributed by atoms with Gasteiger partial charge in [0.15, 0.2) is 0 Å². The molecule has 78 valence electrons. The maximum atomic E-state index is 5.58. The third-order valence-electron chi connectivity index (χ3n) is 2.30. The Hall–Kier alpha value is -1.06. The van der Waals surface area contributed by atoms with Crippen LogP contribution in [0.25, 0.3) is 0 Å². The molecule has 1 unspecified atom stereocenters. The van der Waals surface area contributed by atoms with Crippen molar-refractivity contribution in [2.75, 3.05) is 20.8 Å². The van der Waals surface area contributed by atoms with Crippen molar-refractivity contribution in [3.8, 4) is 5.75 Å². The fourth-order valence-electron chi connectivity index (χ4n) is 1.41. The second kappa shape index (κ2) is 4.98. The summed E-state index contributed by atoms with van der Waals surface area (Å²) in [5.41, 5.74) is 7.75. The molecule has 0 radical (unpaired) electrons. The topological polar surface area (TPSA) is 44.5 Å². The average Bonchev–Trinajstić information content (AvgIpc) is 2.22. The minimum atomic E-state index is -0.0514. The summed E-state index contributed by atoms with van der Waals surface area (Å²) < 4.78 is 10.5. The molecule has 0 aliphatic heterocycles. The lowest BCUT2D eigenvalue weighted by Crippen LogP contribution is -2.14. The van der Waals surface area contributed by atoms with E-state index >= 15 is 0 Å². The highest BCUT2D eigenvalue weighted by Gasteiger charge is 2.09. The van der Waals surface area contributed by atoms with Crippen LogP contribution in [-0.4, -0.2) is 20.8 Å². The molecule has 0 heterocycles. The monoisotopic (exact) mass is 195 g/mol. The van der Waals surface area contributed by atoms with Gasteiger partial charge >= 0.3 is 0 Å². The fraction of sp³-hybridized carbons (Fsp3) is 0.455. The van der Waals surface area contributed by atoms with Gasteiger partial charge < -0.3 is 15.2 Å². The van der Waals surface area contributed by atoms with Crippen molar-refractivity contribution >= 4 is 0 Å². The van der Waals surface area contributed by atoms with Crippen LogP contribution in [0.2, 0.25) is 0 Å². The molecule has 0 amide bonds. The Kier molecular flexibility index (Phi) is 3.92. The van der Waals surface area contributed by atoms with Gasteiger partial charge in [0.05, 0.1) is 13.2 Å². The Balaban J connectivity index is 2.98. The Morgan fingerprint density at radius 3 is 2.57 bits per heavy atom. The zero-order valence-corrected chi connectivity index (χ0v) is 8.91. The van der Waals surface area contributed by atoms with Crippen molar-refractivity contribution in [1.82, 2.24) is 0 Å². The number of ether oxygens (including phenoxy) is 2. The third kappa shape index (κ3) is 2.25. The van der Waals surface area contributed by atoms with Gasteiger partial charge in [0.2, 0.25) is 0 Å². The van der Waals surface area contributed by atoms with E-state index in [1.165, 1.54) is 0 Å². The van der Waals surface area contributed by atoms with Crippen LogP contribution < -0.4 is 10.5 Å². The van der Waals surface area contributed by atoms with Crippen LogP contribution in [0.4, 0.5) is 0 Å². The Morgan fingerprint density at radius 1 is 1.36 bits per heavy atom. The third-order valence-corrected chi connectivity index (χ3v) is 2.30. The van der Waals surface area contributed by atoms with E-state index in [2.05, 4.69) is 0 Å². The van der Waals surface area contributed by atoms with E-state index in [4.69, 9.17) is 15.2 Å². The van der Waals surface area contributed by atoms with Gasteiger partial charge in [-0.3, -0.25) is 0 Å². The predicted octanol–water partition coefficient (Wildman–Crippen LogP) is 1.65. The average molecular weight is 195 g/mol. The van der Waals surface area contributed by atoms with E-state index in [1.807, 2.05) is 25.1 Å². The molecule has 0 bridgehead atoms. The normalized spacial score (nSPS) is 12.6. The molecule has 1 aromatic rings. The molecule has 14 heavy (non-hydrogen) atoms. The van der Waals surface area contributed by atoms with Gasteiger partial charge in [-0.05, 0) is 24.1 Å². The molecule has 3 nitrogen and oxygen atoms in total. The predicted molar refractivity (Wildman–Crippen MR) is 56.5 cm³/mol. The second-order valence-electron chi connectivity index (χ2n) is 3.19. The maximum absolute atomic E-state index is 5.58. The van der Waals surface area contributed by atoms with E-state index in [1.54, 1.807) is 14.2 Å². The van der Waals surface area contributed by atoms with Crippen molar-refractivity contribution in [1.29, 1.82) is 0 Å². The van der Waals surface area contributed by atoms with E-state index < -0.39 is 0 Å². The standard InChI is InChI=1S/C11H17NO2/c1-8-4-5-9(6-10(8)13-2)11(7-12)14-3/h4-6,11H,7,12H2,1-3H3. The molecule has 0 aromatic heterocycles. The van der Waals surface area contributed by atoms with Gasteiger partial charge in [0, 0.05) is 13.7 Å². The first-order valence-corrected chi connectivity index (χ1v) is 4.60. The number of methoxy groups -OCH3 is 2. The SMILES string of the molecule is COc1cc(C(CN)OC)ccc1C. The summed E-state index contributed by atoms with van der Waals surface area (Å²) in [4.78, 5) is 0. The quantitative estimate of drug-likeness (QED) is 0.794. The van der Waals surface area contributed by atoms with Gasteiger partial charge in [-0.2, -0.15) is 0 Å². The Morgan fingerprint density at radius 2 is 2.07 bits per heavy atom. The first kappa shape index (κ1) is 11.0. The highest BCUT2D eigenvalue weighted by Crippen LogP contribution is 2.24. The number of nitrogens with two attached hydrogens (primary N) is 1. The molecule has 0 spiro atoms. The van der Waals surface area contributed by atoms with E-state index in [0.717, 1.165) is 16.9 Å². The number of aryl methyl sites for hydroxylation is 1. The maximum Gasteiger partial charge on any atom is 0.122 e. The molecular formula is C11H17NO2. The van der Waals surface area contributed by atoms with E-state index in [0.29, 0.717) is 6.54 Å². The summed E-state index contributed by atoms with van der Waals surface area (Å²) >= 11 is 0. The molecule has 1 rings (SSSR count). The van der Waals surface area contributed by atoms with Crippen LogP contribution in [0.1, 0.15) is 17.2 Å². The largest absolute Gasteiger partial charge is 0.496 e. The molecule has 0 saturated carbocycles. The summed E-state index contributed by atoms with van der Waals surface area (Å²) in [6.45, 7) is 2.48. The van der Waals surface area contributed by atoms with Crippen molar-refractivity contribution in [3.05, 3.63) is 29.3 Å². The van der Waals surface area contributed by atoms with Gasteiger partial charge in [-0.1, -0.05) is 12.1 Å². The molecule has 2 N–H and O–H groups in total. The number of hydrogen-bond acceptors (Lipinski definition) is 3. The summed E-state index contributed by atoms with van der Waals surface area (Å²) in [5.74, 6) is 0.873. The van der Waals surface area contributed by atoms with Gasteiger partial charge in [-0.25, -0.2) is 0 Å². The fourth-order valence-corrected chi connectivity index (χ4v) is 1.41. The van der Waals surface area contributed by atoms with Crippen molar-refractivity contribution in [3.63, 3.8) is 0 Å². The number of hydrogen-bond donors (Lipinski definition) is 1. The van der Waals surface area contributed by atoms with Crippen LogP contribution in [0, 0.1) is 6.92 Å². The molecule has 0 aliphatic rings. The van der Waals surface area contributed by atoms with Crippen LogP contribution in [-0.2, 0) is 4.74 Å². The van der Waals surface area contributed by atoms with E-state index in [9.17, 15) is 0 Å². The Bertz CT molecular complexity index is 295. The first-order chi connectivity index (χ1) is 6.72. The second-order valence-corrected chi connectivity index (χ2v) is 3.19. The smallest absolute Gasteiger partial charge is 0.122 e. The molecule has 0 aliphatic carbocycles. The van der Waals surface area contributed by atoms with Crippen LogP contribution in [0.15, 0.2) is 18.2 Å². The van der Waals surface area contributed by atoms with Gasteiger partial charge in [0.25, 0.3) is 0 Å². The molecule has 3 heteroatoms. The summed E-state index contributed by atoms with van der Waals surface area (Å²) in [7, 11) is 3.32. The lowest BCUT2D eigenvalue weighted by Gasteiger charge is -2.15. The number of rotatable bonds is 4. The Labute approximate surface area is 84.8 Å². The highest BCUT2D eigenvalue weighted by molar-refractivity contribution is 5.37. The molecule has 0 saturated heterocycles. The van der Waals surface area contributed by atoms with Crippen LogP contribution >= 0.6 is 0 Å². The first-order valence-electron chi connectivity index (χ1n) is 4.60. The van der Waals surface area contributed by atoms with Crippen molar-refractivity contribution < 1.29 is 9.47 Å². The van der Waals surface area contributed by atoms with Gasteiger partial charge in [-0.15, -0.1) is 0 Å². The minimum Gasteiger partial charge on any atom is -0.496 e. The van der Waals surface area contributed by atoms with Gasteiger partial charge in [0.1, 0.15) is 5.75 Å². The lowest BCUT2D eigenvalue weighted by atomic mass is 10.1. The van der Waals surface area contributed by atoms with Crippen molar-refractivity contribution in [2.24, 2.45) is 5.73 Å². The van der Waals surface area contributed by atoms with Crippen LogP contribution in [0.5, 0.6) is 5.75 Å². The zero-order valence-electron chi connectivity index (χ0n) is 8.91. The molecular weight excluding hydrogens is 178 g/mol. The summed E-state index contributed by atoms with van der Waals surface area (Å²) in [6.07, 6.45) is -0.0514. The highest BCUT2D eigenvalue weighted by atomic mass is 16.5. The van der Waals surface area contributed by atoms with Crippen LogP contribution in [0.3, 0.4) is 0 Å². The zero-order chi connectivity index (χ0) is 10.6. The lowest BCUT2D eigenvalue weighted by molar-refractivity contribution is 0.110. The summed E-state index contributed by atoms with van der Waals surface area (Å²) in [6, 6.07) is 5.99. The number of benzene rings is 1. The molecule has 0 fully saturated rings. The van der Waals surface area contributed by atoms with Crippen molar-refractivity contribution in [2.45, 2.75) is 13.0 Å². The van der Waals surface area contributed by atoms with E-state index in [-0.39, 0.29) is 6.10 Å². The minimum absolute atomic E-state index is 0.0514. The molecule has 1 aromatic carbocycles.